The Morgan fingerprint density at radius 2 is 1.86 bits per heavy atom. The first-order valence-electron chi connectivity index (χ1n) is 8.35. The Bertz CT molecular complexity index is 1090. The van der Waals surface area contributed by atoms with Crippen molar-refractivity contribution in [2.75, 3.05) is 18.2 Å². The van der Waals surface area contributed by atoms with Gasteiger partial charge < -0.3 is 11.1 Å². The van der Waals surface area contributed by atoms with E-state index in [4.69, 9.17) is 5.73 Å². The molecule has 3 aromatic rings. The van der Waals surface area contributed by atoms with Crippen LogP contribution in [0.5, 0.6) is 0 Å². The molecular formula is C19H16F2N6O2. The maximum atomic E-state index is 13.6. The van der Waals surface area contributed by atoms with Crippen molar-refractivity contribution in [3.05, 3.63) is 71.6 Å². The summed E-state index contributed by atoms with van der Waals surface area (Å²) < 4.78 is 26.6. The zero-order valence-electron chi connectivity index (χ0n) is 15.2. The maximum Gasteiger partial charge on any atom is 0.273 e. The zero-order valence-corrected chi connectivity index (χ0v) is 15.2. The van der Waals surface area contributed by atoms with Crippen molar-refractivity contribution in [3.63, 3.8) is 0 Å². The number of nitrogens with one attached hydrogen (secondary N) is 3. The first-order valence-corrected chi connectivity index (χ1v) is 8.35. The number of anilines is 2. The van der Waals surface area contributed by atoms with E-state index in [1.165, 1.54) is 25.4 Å². The zero-order chi connectivity index (χ0) is 21.0. The number of benzene rings is 2. The SMILES string of the molecule is CNC(=O)c1nc(-c2cccc(C(=O)NNc3ccc(F)cc3F)c2)cnc1N. The first-order chi connectivity index (χ1) is 13.9. The van der Waals surface area contributed by atoms with E-state index in [0.717, 1.165) is 12.1 Å². The van der Waals surface area contributed by atoms with Gasteiger partial charge in [-0.2, -0.15) is 0 Å². The van der Waals surface area contributed by atoms with E-state index in [-0.39, 0.29) is 22.8 Å². The lowest BCUT2D eigenvalue weighted by atomic mass is 10.1. The minimum absolute atomic E-state index is 0.0208. The smallest absolute Gasteiger partial charge is 0.273 e. The average Bonchev–Trinajstić information content (AvgIpc) is 2.72. The number of hydrogen-bond donors (Lipinski definition) is 4. The van der Waals surface area contributed by atoms with Gasteiger partial charge in [-0.05, 0) is 24.3 Å². The molecule has 0 spiro atoms. The number of rotatable bonds is 5. The average molecular weight is 398 g/mol. The van der Waals surface area contributed by atoms with Crippen LogP contribution in [-0.2, 0) is 0 Å². The monoisotopic (exact) mass is 398 g/mol. The van der Waals surface area contributed by atoms with Gasteiger partial charge in [-0.25, -0.2) is 18.7 Å². The first kappa shape index (κ1) is 19.7. The second-order valence-corrected chi connectivity index (χ2v) is 5.85. The number of nitrogens with zero attached hydrogens (tertiary/aromatic N) is 2. The summed E-state index contributed by atoms with van der Waals surface area (Å²) in [5.74, 6) is -2.65. The Hall–Kier alpha value is -4.08. The molecule has 29 heavy (non-hydrogen) atoms. The van der Waals surface area contributed by atoms with Crippen molar-refractivity contribution >= 4 is 23.3 Å². The van der Waals surface area contributed by atoms with Gasteiger partial charge in [0.1, 0.15) is 5.82 Å². The molecule has 0 unspecified atom stereocenters. The molecule has 0 fully saturated rings. The van der Waals surface area contributed by atoms with Gasteiger partial charge in [0.25, 0.3) is 11.8 Å². The molecular weight excluding hydrogens is 382 g/mol. The molecule has 0 radical (unpaired) electrons. The highest BCUT2D eigenvalue weighted by Crippen LogP contribution is 2.20. The van der Waals surface area contributed by atoms with E-state index in [0.29, 0.717) is 17.3 Å². The van der Waals surface area contributed by atoms with Gasteiger partial charge in [-0.1, -0.05) is 12.1 Å². The van der Waals surface area contributed by atoms with Crippen molar-refractivity contribution in [3.8, 4) is 11.3 Å². The molecule has 0 aliphatic carbocycles. The molecule has 8 nitrogen and oxygen atoms in total. The molecule has 2 aromatic carbocycles. The van der Waals surface area contributed by atoms with Crippen LogP contribution in [0.2, 0.25) is 0 Å². The summed E-state index contributed by atoms with van der Waals surface area (Å²) in [6.07, 6.45) is 1.38. The number of carbonyl (C=O) groups excluding carboxylic acids is 2. The topological polar surface area (TPSA) is 122 Å². The van der Waals surface area contributed by atoms with Gasteiger partial charge in [-0.15, -0.1) is 0 Å². The van der Waals surface area contributed by atoms with Crippen LogP contribution in [0.3, 0.4) is 0 Å². The number of nitrogen functional groups attached to an aromatic ring is 1. The fourth-order valence-corrected chi connectivity index (χ4v) is 2.43. The van der Waals surface area contributed by atoms with Crippen LogP contribution < -0.4 is 21.9 Å². The maximum absolute atomic E-state index is 13.6. The molecule has 2 amide bonds. The lowest BCUT2D eigenvalue weighted by molar-refractivity contribution is 0.0952. The van der Waals surface area contributed by atoms with Crippen LogP contribution in [0.15, 0.2) is 48.7 Å². The highest BCUT2D eigenvalue weighted by Gasteiger charge is 2.14. The second-order valence-electron chi connectivity index (χ2n) is 5.85. The van der Waals surface area contributed by atoms with Crippen molar-refractivity contribution in [2.45, 2.75) is 0 Å². The lowest BCUT2D eigenvalue weighted by Gasteiger charge is -2.10. The van der Waals surface area contributed by atoms with Crippen molar-refractivity contribution in [2.24, 2.45) is 0 Å². The van der Waals surface area contributed by atoms with Crippen LogP contribution >= 0.6 is 0 Å². The van der Waals surface area contributed by atoms with E-state index in [2.05, 4.69) is 26.1 Å². The standard InChI is InChI=1S/C19H16F2N6O2/c1-23-19(29)16-17(22)24-9-15(25-16)10-3-2-4-11(7-10)18(28)27-26-14-6-5-12(20)8-13(14)21/h2-9,26H,1H3,(H2,22,24)(H,23,29)(H,27,28). The van der Waals surface area contributed by atoms with Crippen molar-refractivity contribution < 1.29 is 18.4 Å². The molecule has 0 bridgehead atoms. The van der Waals surface area contributed by atoms with Crippen LogP contribution in [-0.4, -0.2) is 28.8 Å². The van der Waals surface area contributed by atoms with Crippen molar-refractivity contribution in [1.82, 2.24) is 20.7 Å². The van der Waals surface area contributed by atoms with Gasteiger partial charge >= 0.3 is 0 Å². The summed E-state index contributed by atoms with van der Waals surface area (Å²) in [5, 5.41) is 2.42. The van der Waals surface area contributed by atoms with Crippen LogP contribution in [0.1, 0.15) is 20.8 Å². The molecule has 0 aliphatic rings. The fourth-order valence-electron chi connectivity index (χ4n) is 2.43. The number of halogens is 2. The van der Waals surface area contributed by atoms with Crippen molar-refractivity contribution in [1.29, 1.82) is 0 Å². The Morgan fingerprint density at radius 3 is 2.59 bits per heavy atom. The lowest BCUT2D eigenvalue weighted by Crippen LogP contribution is -2.29. The van der Waals surface area contributed by atoms with Gasteiger partial charge in [-0.3, -0.25) is 20.4 Å². The van der Waals surface area contributed by atoms with Crippen LogP contribution in [0, 0.1) is 11.6 Å². The van der Waals surface area contributed by atoms with Gasteiger partial charge in [0.15, 0.2) is 17.3 Å². The molecule has 148 valence electrons. The Kier molecular flexibility index (Phi) is 5.63. The molecule has 5 N–H and O–H groups in total. The fraction of sp³-hybridized carbons (Fsp3) is 0.0526. The van der Waals surface area contributed by atoms with E-state index >= 15 is 0 Å². The summed E-state index contributed by atoms with van der Waals surface area (Å²) in [7, 11) is 1.44. The third-order valence-corrected chi connectivity index (χ3v) is 3.91. The molecule has 1 heterocycles. The molecule has 0 saturated heterocycles. The van der Waals surface area contributed by atoms with E-state index in [9.17, 15) is 18.4 Å². The molecule has 3 rings (SSSR count). The second kappa shape index (κ2) is 8.30. The number of nitrogens with two attached hydrogens (primary N) is 1. The molecule has 1 aromatic heterocycles. The Labute approximate surface area is 164 Å². The quantitative estimate of drug-likeness (QED) is 0.489. The largest absolute Gasteiger partial charge is 0.382 e. The molecule has 0 aliphatic heterocycles. The highest BCUT2D eigenvalue weighted by atomic mass is 19.1. The number of aromatic nitrogens is 2. The molecule has 0 atom stereocenters. The van der Waals surface area contributed by atoms with Gasteiger partial charge in [0.05, 0.1) is 17.6 Å². The van der Waals surface area contributed by atoms with Gasteiger partial charge in [0.2, 0.25) is 0 Å². The summed E-state index contributed by atoms with van der Waals surface area (Å²) in [6.45, 7) is 0. The number of hydrazine groups is 1. The third kappa shape index (κ3) is 4.43. The summed E-state index contributed by atoms with van der Waals surface area (Å²) in [4.78, 5) is 32.4. The summed E-state index contributed by atoms with van der Waals surface area (Å²) in [5.41, 5.74) is 11.4. The van der Waals surface area contributed by atoms with E-state index < -0.39 is 23.4 Å². The summed E-state index contributed by atoms with van der Waals surface area (Å²) >= 11 is 0. The van der Waals surface area contributed by atoms with E-state index in [1.807, 2.05) is 0 Å². The normalized spacial score (nSPS) is 10.3. The number of carbonyl (C=O) groups is 2. The van der Waals surface area contributed by atoms with Crippen LogP contribution in [0.4, 0.5) is 20.3 Å². The predicted octanol–water partition coefficient (Wildman–Crippen LogP) is 2.12. The minimum Gasteiger partial charge on any atom is -0.382 e. The Morgan fingerprint density at radius 1 is 1.07 bits per heavy atom. The third-order valence-electron chi connectivity index (χ3n) is 3.91. The summed E-state index contributed by atoms with van der Waals surface area (Å²) in [6, 6.07) is 9.25. The highest BCUT2D eigenvalue weighted by molar-refractivity contribution is 5.97. The Balaban J connectivity index is 1.80. The van der Waals surface area contributed by atoms with Gasteiger partial charge in [0, 0.05) is 24.2 Å². The minimum atomic E-state index is -0.849. The number of hydrogen-bond acceptors (Lipinski definition) is 6. The number of amides is 2. The van der Waals surface area contributed by atoms with Crippen LogP contribution in [0.25, 0.3) is 11.3 Å². The molecule has 0 saturated carbocycles. The predicted molar refractivity (Wildman–Crippen MR) is 103 cm³/mol. The molecule has 10 heteroatoms. The van der Waals surface area contributed by atoms with E-state index in [1.54, 1.807) is 12.1 Å².